The summed E-state index contributed by atoms with van der Waals surface area (Å²) in [4.78, 5) is 4.50. The van der Waals surface area contributed by atoms with Crippen LogP contribution in [0, 0.1) is 0 Å². The van der Waals surface area contributed by atoms with E-state index >= 15 is 0 Å². The van der Waals surface area contributed by atoms with Gasteiger partial charge in [-0.2, -0.15) is 0 Å². The Bertz CT molecular complexity index is 846. The van der Waals surface area contributed by atoms with Crippen molar-refractivity contribution in [3.05, 3.63) is 66.2 Å². The molecular weight excluding hydrogens is 390 g/mol. The lowest BCUT2D eigenvalue weighted by atomic mass is 10.1. The average molecular weight is 418 g/mol. The lowest BCUT2D eigenvalue weighted by Crippen LogP contribution is -2.09. The minimum absolute atomic E-state index is 0. The van der Waals surface area contributed by atoms with Gasteiger partial charge in [0.1, 0.15) is 23.5 Å². The number of rotatable bonds is 10. The summed E-state index contributed by atoms with van der Waals surface area (Å²) in [5, 5.41) is 18.5. The van der Waals surface area contributed by atoms with Gasteiger partial charge in [-0.3, -0.25) is 0 Å². The van der Waals surface area contributed by atoms with Crippen molar-refractivity contribution in [1.29, 1.82) is 0 Å². The van der Waals surface area contributed by atoms with Crippen LogP contribution >= 0.6 is 12.4 Å². The van der Waals surface area contributed by atoms with E-state index in [4.69, 9.17) is 14.3 Å². The predicted molar refractivity (Wildman–Crippen MR) is 116 cm³/mol. The van der Waals surface area contributed by atoms with Crippen molar-refractivity contribution < 1.29 is 19.4 Å². The lowest BCUT2D eigenvalue weighted by molar-refractivity contribution is 0.125. The number of aromatic nitrogens is 1. The monoisotopic (exact) mass is 417 g/mol. The second-order valence-corrected chi connectivity index (χ2v) is 6.85. The second kappa shape index (κ2) is 11.6. The molecular formula is C23H28ClNO4. The van der Waals surface area contributed by atoms with Crippen LogP contribution in [0.2, 0.25) is 0 Å². The lowest BCUT2D eigenvalue weighted by Gasteiger charge is -2.10. The number of aliphatic hydroxyl groups excluding tert-OH is 2. The van der Waals surface area contributed by atoms with Crippen molar-refractivity contribution in [2.75, 3.05) is 6.61 Å². The van der Waals surface area contributed by atoms with E-state index in [1.807, 2.05) is 48.5 Å². The number of hydrogen-bond acceptors (Lipinski definition) is 5. The highest BCUT2D eigenvalue weighted by molar-refractivity contribution is 5.85. The van der Waals surface area contributed by atoms with Gasteiger partial charge in [-0.1, -0.05) is 19.1 Å². The van der Waals surface area contributed by atoms with Crippen LogP contribution in [0.4, 0.5) is 0 Å². The topological polar surface area (TPSA) is 75.7 Å². The van der Waals surface area contributed by atoms with Crippen LogP contribution in [0.3, 0.4) is 0 Å². The van der Waals surface area contributed by atoms with Crippen molar-refractivity contribution in [2.24, 2.45) is 0 Å². The standard InChI is InChI=1S/C23H27NO4.ClH/c1-2-3-23-24-22(16-27-23)18-7-12-21(13-8-18)28-20-10-5-17(6-11-20)4-9-19(26)14-15-25;/h5-8,10-13,16,19,25-26H,2-4,9,14-15H2,1H3;1H. The maximum absolute atomic E-state index is 9.70. The van der Waals surface area contributed by atoms with Gasteiger partial charge in [0.15, 0.2) is 5.89 Å². The molecule has 1 atom stereocenters. The summed E-state index contributed by atoms with van der Waals surface area (Å²) in [5.74, 6) is 2.29. The molecule has 5 nitrogen and oxygen atoms in total. The van der Waals surface area contributed by atoms with Gasteiger partial charge < -0.3 is 19.4 Å². The Balaban J connectivity index is 0.00000300. The Kier molecular flexibility index (Phi) is 9.19. The molecule has 2 aromatic carbocycles. The van der Waals surface area contributed by atoms with E-state index in [1.165, 1.54) is 0 Å². The van der Waals surface area contributed by atoms with Crippen molar-refractivity contribution >= 4 is 12.4 Å². The van der Waals surface area contributed by atoms with Crippen molar-refractivity contribution in [3.63, 3.8) is 0 Å². The van der Waals surface area contributed by atoms with Crippen LogP contribution in [0.5, 0.6) is 11.5 Å². The Labute approximate surface area is 177 Å². The van der Waals surface area contributed by atoms with Gasteiger partial charge in [-0.25, -0.2) is 4.98 Å². The van der Waals surface area contributed by atoms with E-state index in [0.29, 0.717) is 12.8 Å². The summed E-state index contributed by atoms with van der Waals surface area (Å²) in [5.41, 5.74) is 2.96. The molecule has 156 valence electrons. The van der Waals surface area contributed by atoms with Gasteiger partial charge in [0.05, 0.1) is 6.10 Å². The summed E-state index contributed by atoms with van der Waals surface area (Å²) >= 11 is 0. The number of hydrogen-bond donors (Lipinski definition) is 2. The van der Waals surface area contributed by atoms with E-state index < -0.39 is 6.10 Å². The van der Waals surface area contributed by atoms with Crippen molar-refractivity contribution in [1.82, 2.24) is 4.98 Å². The first-order chi connectivity index (χ1) is 13.7. The fraction of sp³-hybridized carbons (Fsp3) is 0.348. The molecule has 0 radical (unpaired) electrons. The molecule has 3 rings (SSSR count). The third-order valence-electron chi connectivity index (χ3n) is 4.55. The number of oxazole rings is 1. The molecule has 0 bridgehead atoms. The van der Waals surface area contributed by atoms with Crippen molar-refractivity contribution in [3.8, 4) is 22.8 Å². The van der Waals surface area contributed by atoms with Crippen LogP contribution in [0.15, 0.2) is 59.2 Å². The number of nitrogens with zero attached hydrogens (tertiary/aromatic N) is 1. The summed E-state index contributed by atoms with van der Waals surface area (Å²) in [6.45, 7) is 2.12. The maximum Gasteiger partial charge on any atom is 0.194 e. The molecule has 0 aliphatic rings. The average Bonchev–Trinajstić information content (AvgIpc) is 3.17. The number of aryl methyl sites for hydroxylation is 2. The summed E-state index contributed by atoms with van der Waals surface area (Å²) in [7, 11) is 0. The molecule has 29 heavy (non-hydrogen) atoms. The molecule has 0 spiro atoms. The number of benzene rings is 2. The molecule has 0 fully saturated rings. The molecule has 2 N–H and O–H groups in total. The summed E-state index contributed by atoms with van der Waals surface area (Å²) in [6, 6.07) is 15.6. The molecule has 1 heterocycles. The third kappa shape index (κ3) is 6.89. The number of ether oxygens (including phenoxy) is 1. The molecule has 0 aliphatic carbocycles. The molecule has 3 aromatic rings. The minimum atomic E-state index is -0.456. The van der Waals surface area contributed by atoms with Gasteiger partial charge in [0, 0.05) is 18.6 Å². The van der Waals surface area contributed by atoms with Gasteiger partial charge in [0.2, 0.25) is 0 Å². The van der Waals surface area contributed by atoms with E-state index in [-0.39, 0.29) is 19.0 Å². The largest absolute Gasteiger partial charge is 0.457 e. The van der Waals surface area contributed by atoms with E-state index in [2.05, 4.69) is 11.9 Å². The highest BCUT2D eigenvalue weighted by Crippen LogP contribution is 2.26. The zero-order valence-electron chi connectivity index (χ0n) is 16.6. The second-order valence-electron chi connectivity index (χ2n) is 6.85. The Morgan fingerprint density at radius 2 is 1.62 bits per heavy atom. The minimum Gasteiger partial charge on any atom is -0.457 e. The smallest absolute Gasteiger partial charge is 0.194 e. The Morgan fingerprint density at radius 1 is 0.966 bits per heavy atom. The first-order valence-corrected chi connectivity index (χ1v) is 9.78. The molecule has 0 aliphatic heterocycles. The van der Waals surface area contributed by atoms with Gasteiger partial charge in [0.25, 0.3) is 0 Å². The SMILES string of the molecule is CCCc1nc(-c2ccc(Oc3ccc(CCC(O)CCO)cc3)cc2)co1.Cl. The first-order valence-electron chi connectivity index (χ1n) is 9.78. The number of aliphatic hydroxyl groups is 2. The summed E-state index contributed by atoms with van der Waals surface area (Å²) in [6.07, 6.45) is 4.93. The van der Waals surface area contributed by atoms with Crippen molar-refractivity contribution in [2.45, 2.75) is 45.1 Å². The molecule has 0 saturated carbocycles. The van der Waals surface area contributed by atoms with Crippen LogP contribution in [0.1, 0.15) is 37.6 Å². The van der Waals surface area contributed by atoms with Gasteiger partial charge in [-0.05, 0) is 67.6 Å². The van der Waals surface area contributed by atoms with Crippen LogP contribution in [-0.2, 0) is 12.8 Å². The van der Waals surface area contributed by atoms with E-state index in [0.717, 1.165) is 53.5 Å². The fourth-order valence-corrected chi connectivity index (χ4v) is 2.95. The van der Waals surface area contributed by atoms with E-state index in [1.54, 1.807) is 6.26 Å². The third-order valence-corrected chi connectivity index (χ3v) is 4.55. The molecule has 1 unspecified atom stereocenters. The van der Waals surface area contributed by atoms with Crippen LogP contribution in [-0.4, -0.2) is 27.9 Å². The number of halogens is 1. The highest BCUT2D eigenvalue weighted by Gasteiger charge is 2.07. The Hall–Kier alpha value is -2.34. The van der Waals surface area contributed by atoms with Gasteiger partial charge in [-0.15, -0.1) is 12.4 Å². The molecule has 6 heteroatoms. The normalized spacial score (nSPS) is 11.7. The van der Waals surface area contributed by atoms with Gasteiger partial charge >= 0.3 is 0 Å². The predicted octanol–water partition coefficient (Wildman–Crippen LogP) is 5.18. The first kappa shape index (κ1) is 22.9. The zero-order chi connectivity index (χ0) is 19.8. The highest BCUT2D eigenvalue weighted by atomic mass is 35.5. The zero-order valence-corrected chi connectivity index (χ0v) is 17.4. The molecule has 0 amide bonds. The molecule has 1 aromatic heterocycles. The maximum atomic E-state index is 9.70. The molecule has 0 saturated heterocycles. The fourth-order valence-electron chi connectivity index (χ4n) is 2.95. The van der Waals surface area contributed by atoms with Crippen LogP contribution < -0.4 is 4.74 Å². The Morgan fingerprint density at radius 3 is 2.24 bits per heavy atom. The summed E-state index contributed by atoms with van der Waals surface area (Å²) < 4.78 is 11.4. The van der Waals surface area contributed by atoms with E-state index in [9.17, 15) is 5.11 Å². The van der Waals surface area contributed by atoms with Crippen LogP contribution in [0.25, 0.3) is 11.3 Å². The quantitative estimate of drug-likeness (QED) is 0.475.